The Labute approximate surface area is 114 Å². The Hall–Kier alpha value is -1.03. The van der Waals surface area contributed by atoms with Crippen molar-refractivity contribution >= 4 is 17.5 Å². The Bertz CT molecular complexity index is 426. The maximum atomic E-state index is 12.1. The van der Waals surface area contributed by atoms with Gasteiger partial charge in [0.25, 0.3) is 0 Å². The van der Waals surface area contributed by atoms with E-state index < -0.39 is 0 Å². The summed E-state index contributed by atoms with van der Waals surface area (Å²) < 4.78 is 1.73. The third-order valence-corrected chi connectivity index (χ3v) is 3.45. The first-order chi connectivity index (χ1) is 8.38. The van der Waals surface area contributed by atoms with E-state index in [1.165, 1.54) is 0 Å². The standard InChI is InChI=1S/C13H22ClN3O/c1-6-11(13(18)15-7-8(2)3)17-10(5)12(14)9(4)16-17/h8,11H,6-7H2,1-5H3,(H,15,18). The number of aromatic nitrogens is 2. The second-order valence-corrected chi connectivity index (χ2v) is 5.37. The van der Waals surface area contributed by atoms with Gasteiger partial charge in [-0.15, -0.1) is 0 Å². The van der Waals surface area contributed by atoms with Gasteiger partial charge in [-0.3, -0.25) is 9.48 Å². The molecular formula is C13H22ClN3O. The zero-order valence-corrected chi connectivity index (χ0v) is 12.5. The topological polar surface area (TPSA) is 46.9 Å². The predicted octanol–water partition coefficient (Wildman–Crippen LogP) is 2.88. The van der Waals surface area contributed by atoms with Crippen LogP contribution in [0.15, 0.2) is 0 Å². The first kappa shape index (κ1) is 15.0. The fourth-order valence-electron chi connectivity index (χ4n) is 1.84. The predicted molar refractivity (Wildman–Crippen MR) is 73.9 cm³/mol. The van der Waals surface area contributed by atoms with E-state index in [2.05, 4.69) is 24.3 Å². The van der Waals surface area contributed by atoms with Crippen molar-refractivity contribution in [3.63, 3.8) is 0 Å². The van der Waals surface area contributed by atoms with E-state index in [0.717, 1.165) is 11.4 Å². The second kappa shape index (κ2) is 6.23. The summed E-state index contributed by atoms with van der Waals surface area (Å²) in [6, 6.07) is -0.282. The molecule has 1 N–H and O–H groups in total. The zero-order valence-electron chi connectivity index (χ0n) is 11.7. The van der Waals surface area contributed by atoms with Crippen molar-refractivity contribution in [3.05, 3.63) is 16.4 Å². The molecule has 1 aromatic rings. The summed E-state index contributed by atoms with van der Waals surface area (Å²) in [5.74, 6) is 0.448. The smallest absolute Gasteiger partial charge is 0.244 e. The minimum atomic E-state index is -0.282. The van der Waals surface area contributed by atoms with Gasteiger partial charge in [-0.25, -0.2) is 0 Å². The first-order valence-electron chi connectivity index (χ1n) is 6.37. The number of aryl methyl sites for hydroxylation is 1. The molecule has 0 aliphatic heterocycles. The van der Waals surface area contributed by atoms with Crippen LogP contribution >= 0.6 is 11.6 Å². The number of hydrogen-bond donors (Lipinski definition) is 1. The molecule has 0 saturated carbocycles. The number of nitrogens with zero attached hydrogens (tertiary/aromatic N) is 2. The molecule has 4 nitrogen and oxygen atoms in total. The molecule has 0 aliphatic carbocycles. The van der Waals surface area contributed by atoms with Crippen molar-refractivity contribution < 1.29 is 4.79 Å². The molecular weight excluding hydrogens is 250 g/mol. The number of hydrogen-bond acceptors (Lipinski definition) is 2. The Morgan fingerprint density at radius 3 is 2.44 bits per heavy atom. The van der Waals surface area contributed by atoms with Gasteiger partial charge in [0.2, 0.25) is 5.91 Å². The Kier molecular flexibility index (Phi) is 5.20. The quantitative estimate of drug-likeness (QED) is 0.895. The average molecular weight is 272 g/mol. The third-order valence-electron chi connectivity index (χ3n) is 2.91. The van der Waals surface area contributed by atoms with Crippen molar-refractivity contribution in [1.82, 2.24) is 15.1 Å². The fourth-order valence-corrected chi connectivity index (χ4v) is 1.96. The number of nitrogens with one attached hydrogen (secondary N) is 1. The third kappa shape index (κ3) is 3.25. The number of carbonyl (C=O) groups is 1. The van der Waals surface area contributed by atoms with E-state index in [9.17, 15) is 4.79 Å². The summed E-state index contributed by atoms with van der Waals surface area (Å²) in [5, 5.41) is 7.94. The van der Waals surface area contributed by atoms with Crippen molar-refractivity contribution in [2.24, 2.45) is 5.92 Å². The maximum absolute atomic E-state index is 12.1. The molecule has 1 heterocycles. The van der Waals surface area contributed by atoms with Gasteiger partial charge >= 0.3 is 0 Å². The maximum Gasteiger partial charge on any atom is 0.244 e. The molecule has 5 heteroatoms. The molecule has 1 aromatic heterocycles. The highest BCUT2D eigenvalue weighted by molar-refractivity contribution is 6.31. The van der Waals surface area contributed by atoms with Gasteiger partial charge < -0.3 is 5.32 Å². The van der Waals surface area contributed by atoms with Crippen LogP contribution in [-0.2, 0) is 4.79 Å². The van der Waals surface area contributed by atoms with Crippen LogP contribution in [-0.4, -0.2) is 22.2 Å². The van der Waals surface area contributed by atoms with E-state index in [4.69, 9.17) is 11.6 Å². The minimum Gasteiger partial charge on any atom is -0.354 e. The van der Waals surface area contributed by atoms with Crippen LogP contribution in [0.1, 0.15) is 44.6 Å². The fraction of sp³-hybridized carbons (Fsp3) is 0.692. The molecule has 0 bridgehead atoms. The Morgan fingerprint density at radius 1 is 1.44 bits per heavy atom. The van der Waals surface area contributed by atoms with Crippen molar-refractivity contribution in [2.75, 3.05) is 6.54 Å². The molecule has 1 amide bonds. The van der Waals surface area contributed by atoms with Crippen molar-refractivity contribution in [3.8, 4) is 0 Å². The number of carbonyl (C=O) groups excluding carboxylic acids is 1. The Balaban J connectivity index is 2.89. The van der Waals surface area contributed by atoms with Crippen LogP contribution in [0, 0.1) is 19.8 Å². The van der Waals surface area contributed by atoms with Crippen LogP contribution in [0.4, 0.5) is 0 Å². The number of rotatable bonds is 5. The van der Waals surface area contributed by atoms with Crippen LogP contribution in [0.3, 0.4) is 0 Å². The highest BCUT2D eigenvalue weighted by Crippen LogP contribution is 2.23. The van der Waals surface area contributed by atoms with Gasteiger partial charge in [0.1, 0.15) is 6.04 Å². The first-order valence-corrected chi connectivity index (χ1v) is 6.75. The normalized spacial score (nSPS) is 12.8. The van der Waals surface area contributed by atoms with Crippen LogP contribution < -0.4 is 5.32 Å². The largest absolute Gasteiger partial charge is 0.354 e. The molecule has 0 fully saturated rings. The van der Waals surface area contributed by atoms with Gasteiger partial charge in [-0.05, 0) is 26.2 Å². The van der Waals surface area contributed by atoms with Crippen molar-refractivity contribution in [2.45, 2.75) is 47.1 Å². The highest BCUT2D eigenvalue weighted by atomic mass is 35.5. The van der Waals surface area contributed by atoms with Crippen LogP contribution in [0.2, 0.25) is 5.02 Å². The SMILES string of the molecule is CCC(C(=O)NCC(C)C)n1nc(C)c(Cl)c1C. The lowest BCUT2D eigenvalue weighted by Crippen LogP contribution is -2.35. The van der Waals surface area contributed by atoms with E-state index in [1.54, 1.807) is 4.68 Å². The summed E-state index contributed by atoms with van der Waals surface area (Å²) in [6.07, 6.45) is 0.697. The van der Waals surface area contributed by atoms with E-state index in [1.807, 2.05) is 20.8 Å². The van der Waals surface area contributed by atoms with Gasteiger partial charge in [-0.2, -0.15) is 5.10 Å². The molecule has 18 heavy (non-hydrogen) atoms. The molecule has 0 aromatic carbocycles. The van der Waals surface area contributed by atoms with E-state index >= 15 is 0 Å². The van der Waals surface area contributed by atoms with Gasteiger partial charge in [0.15, 0.2) is 0 Å². The number of halogens is 1. The highest BCUT2D eigenvalue weighted by Gasteiger charge is 2.22. The minimum absolute atomic E-state index is 0.00784. The monoisotopic (exact) mass is 271 g/mol. The summed E-state index contributed by atoms with van der Waals surface area (Å²) in [7, 11) is 0. The summed E-state index contributed by atoms with van der Waals surface area (Å²) in [5.41, 5.74) is 1.62. The molecule has 0 radical (unpaired) electrons. The molecule has 0 saturated heterocycles. The lowest BCUT2D eigenvalue weighted by atomic mass is 10.2. The second-order valence-electron chi connectivity index (χ2n) is 4.99. The lowest BCUT2D eigenvalue weighted by molar-refractivity contribution is -0.124. The Morgan fingerprint density at radius 2 is 2.06 bits per heavy atom. The van der Waals surface area contributed by atoms with E-state index in [-0.39, 0.29) is 11.9 Å². The van der Waals surface area contributed by atoms with Crippen molar-refractivity contribution in [1.29, 1.82) is 0 Å². The average Bonchev–Trinajstić information content (AvgIpc) is 2.56. The summed E-state index contributed by atoms with van der Waals surface area (Å²) in [4.78, 5) is 12.1. The summed E-state index contributed by atoms with van der Waals surface area (Å²) >= 11 is 6.12. The van der Waals surface area contributed by atoms with Crippen LogP contribution in [0.5, 0.6) is 0 Å². The molecule has 1 atom stereocenters. The molecule has 1 rings (SSSR count). The van der Waals surface area contributed by atoms with E-state index in [0.29, 0.717) is 23.9 Å². The molecule has 0 aliphatic rings. The lowest BCUT2D eigenvalue weighted by Gasteiger charge is -2.18. The van der Waals surface area contributed by atoms with Gasteiger partial charge in [0.05, 0.1) is 16.4 Å². The summed E-state index contributed by atoms with van der Waals surface area (Å²) in [6.45, 7) is 10.5. The van der Waals surface area contributed by atoms with Crippen LogP contribution in [0.25, 0.3) is 0 Å². The van der Waals surface area contributed by atoms with Gasteiger partial charge in [0, 0.05) is 6.54 Å². The number of amides is 1. The zero-order chi connectivity index (χ0) is 13.9. The van der Waals surface area contributed by atoms with Gasteiger partial charge in [-0.1, -0.05) is 32.4 Å². The molecule has 0 spiro atoms. The molecule has 102 valence electrons. The molecule has 1 unspecified atom stereocenters.